The van der Waals surface area contributed by atoms with Crippen LogP contribution in [0.1, 0.15) is 48.7 Å². The van der Waals surface area contributed by atoms with E-state index in [9.17, 15) is 4.79 Å². The Morgan fingerprint density at radius 1 is 1.15 bits per heavy atom. The van der Waals surface area contributed by atoms with E-state index in [2.05, 4.69) is 17.2 Å². The van der Waals surface area contributed by atoms with Gasteiger partial charge >= 0.3 is 0 Å². The van der Waals surface area contributed by atoms with Gasteiger partial charge in [0.2, 0.25) is 0 Å². The van der Waals surface area contributed by atoms with Crippen LogP contribution in [-0.2, 0) is 0 Å². The molecule has 1 amide bonds. The number of hydrogen-bond acceptors (Lipinski definition) is 3. The second-order valence-corrected chi connectivity index (χ2v) is 6.48. The number of ether oxygens (including phenoxy) is 1. The Morgan fingerprint density at radius 3 is 2.52 bits per heavy atom. The van der Waals surface area contributed by atoms with E-state index in [1.165, 1.54) is 0 Å². The number of aromatic nitrogens is 2. The molecule has 140 valence electrons. The van der Waals surface area contributed by atoms with E-state index in [1.807, 2.05) is 54.1 Å². The first-order valence-electron chi connectivity index (χ1n) is 9.29. The van der Waals surface area contributed by atoms with Crippen molar-refractivity contribution in [3.05, 3.63) is 78.4 Å². The van der Waals surface area contributed by atoms with Crippen LogP contribution < -0.4 is 10.1 Å². The van der Waals surface area contributed by atoms with Crippen molar-refractivity contribution in [3.63, 3.8) is 0 Å². The molecule has 1 aromatic heterocycles. The maximum absolute atomic E-state index is 12.5. The predicted molar refractivity (Wildman–Crippen MR) is 106 cm³/mol. The minimum Gasteiger partial charge on any atom is -0.494 e. The Bertz CT molecular complexity index is 840. The van der Waals surface area contributed by atoms with Crippen LogP contribution >= 0.6 is 0 Å². The summed E-state index contributed by atoms with van der Waals surface area (Å²) in [4.78, 5) is 16.5. The Morgan fingerprint density at radius 2 is 1.89 bits per heavy atom. The number of nitrogens with zero attached hydrogens (tertiary/aromatic N) is 2. The van der Waals surface area contributed by atoms with Gasteiger partial charge in [0.15, 0.2) is 0 Å². The average molecular weight is 363 g/mol. The summed E-state index contributed by atoms with van der Waals surface area (Å²) in [6.45, 7) is 4.81. The lowest BCUT2D eigenvalue weighted by molar-refractivity contribution is 0.0940. The van der Waals surface area contributed by atoms with Crippen molar-refractivity contribution in [3.8, 4) is 11.4 Å². The van der Waals surface area contributed by atoms with Crippen molar-refractivity contribution in [2.45, 2.75) is 32.7 Å². The van der Waals surface area contributed by atoms with Crippen molar-refractivity contribution >= 4 is 5.91 Å². The molecule has 0 bridgehead atoms. The van der Waals surface area contributed by atoms with Gasteiger partial charge in [-0.15, -0.1) is 0 Å². The van der Waals surface area contributed by atoms with E-state index >= 15 is 0 Å². The second-order valence-electron chi connectivity index (χ2n) is 6.48. The molecule has 3 rings (SSSR count). The van der Waals surface area contributed by atoms with Gasteiger partial charge in [-0.25, -0.2) is 4.98 Å². The summed E-state index contributed by atoms with van der Waals surface area (Å²) in [5.74, 6) is 0.699. The van der Waals surface area contributed by atoms with Crippen molar-refractivity contribution in [1.29, 1.82) is 0 Å². The van der Waals surface area contributed by atoms with Crippen LogP contribution in [0.25, 0.3) is 5.69 Å². The molecule has 0 unspecified atom stereocenters. The van der Waals surface area contributed by atoms with Crippen LogP contribution in [0.4, 0.5) is 0 Å². The quantitative estimate of drug-likeness (QED) is 0.598. The third-order valence-electron chi connectivity index (χ3n) is 4.43. The monoisotopic (exact) mass is 363 g/mol. The molecule has 27 heavy (non-hydrogen) atoms. The number of rotatable bonds is 8. The number of amides is 1. The van der Waals surface area contributed by atoms with Gasteiger partial charge in [0.05, 0.1) is 19.0 Å². The van der Waals surface area contributed by atoms with Crippen LogP contribution in [0.2, 0.25) is 0 Å². The summed E-state index contributed by atoms with van der Waals surface area (Å²) >= 11 is 0. The highest BCUT2D eigenvalue weighted by Gasteiger charge is 2.12. The van der Waals surface area contributed by atoms with Gasteiger partial charge in [0.25, 0.3) is 5.91 Å². The molecular weight excluding hydrogens is 338 g/mol. The fourth-order valence-corrected chi connectivity index (χ4v) is 2.75. The van der Waals surface area contributed by atoms with Crippen molar-refractivity contribution in [2.75, 3.05) is 6.61 Å². The maximum Gasteiger partial charge on any atom is 0.251 e. The Balaban J connectivity index is 1.58. The molecule has 0 aliphatic rings. The summed E-state index contributed by atoms with van der Waals surface area (Å²) < 4.78 is 7.58. The van der Waals surface area contributed by atoms with Gasteiger partial charge in [-0.05, 0) is 55.3 Å². The van der Waals surface area contributed by atoms with Crippen molar-refractivity contribution in [2.24, 2.45) is 0 Å². The lowest BCUT2D eigenvalue weighted by Gasteiger charge is -2.15. The summed E-state index contributed by atoms with van der Waals surface area (Å²) in [6, 6.07) is 15.3. The third-order valence-corrected chi connectivity index (χ3v) is 4.43. The Hall–Kier alpha value is -3.08. The molecule has 0 fully saturated rings. The molecule has 0 radical (unpaired) electrons. The first-order chi connectivity index (χ1) is 13.2. The summed E-state index contributed by atoms with van der Waals surface area (Å²) in [6.07, 6.45) is 7.53. The smallest absolute Gasteiger partial charge is 0.251 e. The molecule has 5 heteroatoms. The zero-order chi connectivity index (χ0) is 19.1. The predicted octanol–water partition coefficient (Wildman–Crippen LogP) is 4.54. The molecule has 0 aliphatic heterocycles. The van der Waals surface area contributed by atoms with E-state index in [1.54, 1.807) is 24.7 Å². The molecule has 5 nitrogen and oxygen atoms in total. The average Bonchev–Trinajstić information content (AvgIpc) is 3.23. The van der Waals surface area contributed by atoms with Crippen LogP contribution in [-0.4, -0.2) is 22.1 Å². The minimum atomic E-state index is -0.0960. The van der Waals surface area contributed by atoms with Crippen LogP contribution in [0.5, 0.6) is 5.75 Å². The number of carbonyl (C=O) groups excluding carboxylic acids is 1. The van der Waals surface area contributed by atoms with Gasteiger partial charge in [-0.1, -0.05) is 25.5 Å². The van der Waals surface area contributed by atoms with Gasteiger partial charge < -0.3 is 14.6 Å². The number of benzene rings is 2. The standard InChI is InChI=1S/C22H25N3O2/c1-3-4-15-27-21-11-7-19(8-12-21)22(26)24-17(2)18-5-9-20(10-6-18)25-14-13-23-16-25/h5-14,16-17H,3-4,15H2,1-2H3,(H,24,26)/t17-/m1/s1. The molecule has 0 saturated heterocycles. The Kier molecular flexibility index (Phi) is 6.26. The first-order valence-corrected chi connectivity index (χ1v) is 9.29. The highest BCUT2D eigenvalue weighted by molar-refractivity contribution is 5.94. The summed E-state index contributed by atoms with van der Waals surface area (Å²) in [5, 5.41) is 3.04. The van der Waals surface area contributed by atoms with E-state index < -0.39 is 0 Å². The maximum atomic E-state index is 12.5. The molecule has 0 spiro atoms. The molecule has 1 atom stereocenters. The van der Waals surface area contributed by atoms with Crippen LogP contribution in [0, 0.1) is 0 Å². The molecule has 1 heterocycles. The molecule has 3 aromatic rings. The van der Waals surface area contributed by atoms with Gasteiger partial charge in [0.1, 0.15) is 5.75 Å². The Labute approximate surface area is 160 Å². The number of unbranched alkanes of at least 4 members (excludes halogenated alkanes) is 1. The summed E-state index contributed by atoms with van der Waals surface area (Å²) in [7, 11) is 0. The highest BCUT2D eigenvalue weighted by atomic mass is 16.5. The zero-order valence-electron chi connectivity index (χ0n) is 15.8. The van der Waals surface area contributed by atoms with Crippen LogP contribution in [0.3, 0.4) is 0 Å². The van der Waals surface area contributed by atoms with E-state index in [0.29, 0.717) is 12.2 Å². The number of imidazole rings is 1. The lowest BCUT2D eigenvalue weighted by atomic mass is 10.1. The highest BCUT2D eigenvalue weighted by Crippen LogP contribution is 2.17. The number of carbonyl (C=O) groups is 1. The van der Waals surface area contributed by atoms with E-state index in [0.717, 1.165) is 29.8 Å². The second kappa shape index (κ2) is 9.03. The molecular formula is C22H25N3O2. The van der Waals surface area contributed by atoms with Gasteiger partial charge in [-0.3, -0.25) is 4.79 Å². The largest absolute Gasteiger partial charge is 0.494 e. The topological polar surface area (TPSA) is 56.1 Å². The molecule has 2 aromatic carbocycles. The van der Waals surface area contributed by atoms with Crippen molar-refractivity contribution in [1.82, 2.24) is 14.9 Å². The lowest BCUT2D eigenvalue weighted by Crippen LogP contribution is -2.26. The third kappa shape index (κ3) is 4.97. The molecule has 1 N–H and O–H groups in total. The SMILES string of the molecule is CCCCOc1ccc(C(=O)N[C@H](C)c2ccc(-n3ccnc3)cc2)cc1. The minimum absolute atomic E-state index is 0.0881. The van der Waals surface area contributed by atoms with E-state index in [-0.39, 0.29) is 11.9 Å². The number of nitrogens with one attached hydrogen (secondary N) is 1. The van der Waals surface area contributed by atoms with Crippen molar-refractivity contribution < 1.29 is 9.53 Å². The van der Waals surface area contributed by atoms with Gasteiger partial charge in [0, 0.05) is 23.6 Å². The normalized spacial score (nSPS) is 11.8. The van der Waals surface area contributed by atoms with Crippen LogP contribution in [0.15, 0.2) is 67.3 Å². The number of hydrogen-bond donors (Lipinski definition) is 1. The molecule has 0 aliphatic carbocycles. The molecule has 0 saturated carbocycles. The summed E-state index contributed by atoms with van der Waals surface area (Å²) in [5.41, 5.74) is 2.71. The fraction of sp³-hybridized carbons (Fsp3) is 0.273. The van der Waals surface area contributed by atoms with E-state index in [4.69, 9.17) is 4.74 Å². The first kappa shape index (κ1) is 18.7. The fourth-order valence-electron chi connectivity index (χ4n) is 2.75. The zero-order valence-corrected chi connectivity index (χ0v) is 15.8. The van der Waals surface area contributed by atoms with Gasteiger partial charge in [-0.2, -0.15) is 0 Å².